The molecule has 192 valence electrons. The summed E-state index contributed by atoms with van der Waals surface area (Å²) in [4.78, 5) is 33.5. The number of hydrogen-bond donors (Lipinski definition) is 2. The monoisotopic (exact) mass is 498 g/mol. The molecule has 0 aliphatic rings. The summed E-state index contributed by atoms with van der Waals surface area (Å²) in [5.41, 5.74) is 3.99. The number of para-hydroxylation sites is 2. The van der Waals surface area contributed by atoms with E-state index in [0.29, 0.717) is 44.8 Å². The van der Waals surface area contributed by atoms with Crippen LogP contribution in [0.5, 0.6) is 0 Å². The van der Waals surface area contributed by atoms with Crippen molar-refractivity contribution in [3.63, 3.8) is 0 Å². The van der Waals surface area contributed by atoms with Crippen molar-refractivity contribution in [2.75, 3.05) is 38.7 Å². The molecule has 4 rings (SSSR count). The number of rotatable bonds is 12. The lowest BCUT2D eigenvalue weighted by Gasteiger charge is -2.28. The molecule has 3 aromatic carbocycles. The van der Waals surface area contributed by atoms with Crippen LogP contribution in [0.25, 0.3) is 10.9 Å². The molecule has 0 aliphatic heterocycles. The van der Waals surface area contributed by atoms with Crippen LogP contribution in [0.1, 0.15) is 17.5 Å². The molecule has 37 heavy (non-hydrogen) atoms. The quantitative estimate of drug-likeness (QED) is 0.260. The van der Waals surface area contributed by atoms with E-state index in [9.17, 15) is 9.59 Å². The second kappa shape index (κ2) is 13.3. The van der Waals surface area contributed by atoms with Crippen molar-refractivity contribution in [2.24, 2.45) is 0 Å². The van der Waals surface area contributed by atoms with E-state index >= 15 is 0 Å². The first-order valence-corrected chi connectivity index (χ1v) is 12.6. The Morgan fingerprint density at radius 1 is 0.865 bits per heavy atom. The van der Waals surface area contributed by atoms with Gasteiger partial charge in [-0.15, -0.1) is 0 Å². The Hall–Kier alpha value is -4.10. The summed E-state index contributed by atoms with van der Waals surface area (Å²) in [6.07, 6.45) is 3.36. The number of carbonyl (C=O) groups excluding carboxylic acids is 2. The molecule has 0 bridgehead atoms. The number of ether oxygens (including phenoxy) is 1. The summed E-state index contributed by atoms with van der Waals surface area (Å²) in [7, 11) is 1.63. The molecular weight excluding hydrogens is 464 g/mol. The SMILES string of the molecule is COCCCN(CC(=O)N(CCc1c[nH]c2ccccc12)Cc1ccccc1)C(=O)Nc1ccccc1. The number of nitrogens with one attached hydrogen (secondary N) is 2. The largest absolute Gasteiger partial charge is 0.385 e. The number of hydrogen-bond acceptors (Lipinski definition) is 3. The number of aromatic nitrogens is 1. The van der Waals surface area contributed by atoms with Gasteiger partial charge in [-0.05, 0) is 42.2 Å². The maximum atomic E-state index is 13.6. The molecule has 0 spiro atoms. The van der Waals surface area contributed by atoms with Crippen molar-refractivity contribution in [1.82, 2.24) is 14.8 Å². The molecule has 7 nitrogen and oxygen atoms in total. The van der Waals surface area contributed by atoms with Crippen LogP contribution in [0, 0.1) is 0 Å². The van der Waals surface area contributed by atoms with E-state index in [0.717, 1.165) is 16.5 Å². The van der Waals surface area contributed by atoms with Crippen molar-refractivity contribution >= 4 is 28.5 Å². The number of benzene rings is 3. The van der Waals surface area contributed by atoms with Crippen molar-refractivity contribution in [3.05, 3.63) is 102 Å². The predicted octanol–water partition coefficient (Wildman–Crippen LogP) is 5.31. The molecule has 0 fully saturated rings. The average Bonchev–Trinajstić information content (AvgIpc) is 3.34. The van der Waals surface area contributed by atoms with E-state index < -0.39 is 0 Å². The number of H-pyrrole nitrogens is 1. The van der Waals surface area contributed by atoms with E-state index in [4.69, 9.17) is 4.74 Å². The topological polar surface area (TPSA) is 77.7 Å². The smallest absolute Gasteiger partial charge is 0.322 e. The zero-order valence-electron chi connectivity index (χ0n) is 21.2. The molecule has 0 saturated carbocycles. The van der Waals surface area contributed by atoms with Gasteiger partial charge in [0.15, 0.2) is 0 Å². The van der Waals surface area contributed by atoms with Crippen LogP contribution in [0.2, 0.25) is 0 Å². The first-order chi connectivity index (χ1) is 18.1. The summed E-state index contributed by atoms with van der Waals surface area (Å²) >= 11 is 0. The van der Waals surface area contributed by atoms with Crippen LogP contribution < -0.4 is 5.32 Å². The molecule has 0 unspecified atom stereocenters. The molecule has 0 atom stereocenters. The van der Waals surface area contributed by atoms with Crippen LogP contribution in [0.15, 0.2) is 91.1 Å². The lowest BCUT2D eigenvalue weighted by molar-refractivity contribution is -0.132. The van der Waals surface area contributed by atoms with E-state index in [2.05, 4.69) is 22.4 Å². The van der Waals surface area contributed by atoms with Gasteiger partial charge in [0.05, 0.1) is 0 Å². The Balaban J connectivity index is 1.49. The van der Waals surface area contributed by atoms with E-state index in [-0.39, 0.29) is 18.5 Å². The van der Waals surface area contributed by atoms with Gasteiger partial charge in [0, 0.05) is 56.1 Å². The molecule has 1 heterocycles. The van der Waals surface area contributed by atoms with Crippen LogP contribution >= 0.6 is 0 Å². The Bertz CT molecular complexity index is 1270. The van der Waals surface area contributed by atoms with Crippen molar-refractivity contribution in [2.45, 2.75) is 19.4 Å². The molecule has 4 aromatic rings. The summed E-state index contributed by atoms with van der Waals surface area (Å²) in [6, 6.07) is 27.1. The van der Waals surface area contributed by atoms with Crippen LogP contribution in [0.4, 0.5) is 10.5 Å². The normalized spacial score (nSPS) is 10.8. The van der Waals surface area contributed by atoms with Gasteiger partial charge in [-0.3, -0.25) is 4.79 Å². The zero-order chi connectivity index (χ0) is 25.9. The number of carbonyl (C=O) groups is 2. The highest BCUT2D eigenvalue weighted by atomic mass is 16.5. The van der Waals surface area contributed by atoms with Gasteiger partial charge in [0.1, 0.15) is 6.54 Å². The summed E-state index contributed by atoms with van der Waals surface area (Å²) in [5, 5.41) is 4.07. The van der Waals surface area contributed by atoms with Gasteiger partial charge < -0.3 is 24.8 Å². The van der Waals surface area contributed by atoms with Crippen LogP contribution in [-0.4, -0.2) is 60.1 Å². The van der Waals surface area contributed by atoms with Gasteiger partial charge in [-0.25, -0.2) is 4.79 Å². The lowest BCUT2D eigenvalue weighted by Crippen LogP contribution is -2.45. The van der Waals surface area contributed by atoms with Gasteiger partial charge in [-0.1, -0.05) is 66.7 Å². The standard InChI is InChI=1S/C30H34N4O3/c1-37-20-10-18-34(30(36)32-26-13-6-3-7-14-26)23-29(35)33(22-24-11-4-2-5-12-24)19-17-25-21-31-28-16-9-8-15-27(25)28/h2-9,11-16,21,31H,10,17-20,22-23H2,1H3,(H,32,36). The summed E-state index contributed by atoms with van der Waals surface area (Å²) in [6.45, 7) is 1.94. The second-order valence-corrected chi connectivity index (χ2v) is 8.97. The second-order valence-electron chi connectivity index (χ2n) is 8.97. The summed E-state index contributed by atoms with van der Waals surface area (Å²) in [5.74, 6) is -0.0932. The average molecular weight is 499 g/mol. The highest BCUT2D eigenvalue weighted by molar-refractivity contribution is 5.92. The molecule has 1 aromatic heterocycles. The van der Waals surface area contributed by atoms with Crippen molar-refractivity contribution < 1.29 is 14.3 Å². The molecule has 3 amide bonds. The lowest BCUT2D eigenvalue weighted by atomic mass is 10.1. The fraction of sp³-hybridized carbons (Fsp3) is 0.267. The third kappa shape index (κ3) is 7.44. The number of nitrogens with zero attached hydrogens (tertiary/aromatic N) is 2. The molecule has 0 radical (unpaired) electrons. The molecule has 0 aliphatic carbocycles. The predicted molar refractivity (Wildman–Crippen MR) is 147 cm³/mol. The zero-order valence-corrected chi connectivity index (χ0v) is 21.2. The minimum absolute atomic E-state index is 0.0108. The molecule has 7 heteroatoms. The molecule has 0 saturated heterocycles. The minimum atomic E-state index is -0.299. The van der Waals surface area contributed by atoms with E-state index in [1.165, 1.54) is 5.56 Å². The van der Waals surface area contributed by atoms with E-state index in [1.807, 2.05) is 83.9 Å². The number of urea groups is 1. The van der Waals surface area contributed by atoms with Crippen molar-refractivity contribution in [3.8, 4) is 0 Å². The number of fused-ring (bicyclic) bond motifs is 1. The maximum absolute atomic E-state index is 13.6. The Morgan fingerprint density at radius 2 is 1.57 bits per heavy atom. The van der Waals surface area contributed by atoms with Crippen molar-refractivity contribution in [1.29, 1.82) is 0 Å². The third-order valence-corrected chi connectivity index (χ3v) is 6.31. The fourth-order valence-electron chi connectivity index (χ4n) is 4.33. The van der Waals surface area contributed by atoms with Gasteiger partial charge >= 0.3 is 6.03 Å². The minimum Gasteiger partial charge on any atom is -0.385 e. The highest BCUT2D eigenvalue weighted by Crippen LogP contribution is 2.19. The highest BCUT2D eigenvalue weighted by Gasteiger charge is 2.22. The van der Waals surface area contributed by atoms with Gasteiger partial charge in [0.25, 0.3) is 0 Å². The maximum Gasteiger partial charge on any atom is 0.322 e. The molecule has 2 N–H and O–H groups in total. The van der Waals surface area contributed by atoms with Gasteiger partial charge in [-0.2, -0.15) is 0 Å². The molecular formula is C30H34N4O3. The van der Waals surface area contributed by atoms with Crippen LogP contribution in [-0.2, 0) is 22.5 Å². The van der Waals surface area contributed by atoms with Crippen LogP contribution in [0.3, 0.4) is 0 Å². The Labute approximate surface area is 218 Å². The Kier molecular flexibility index (Phi) is 9.32. The first-order valence-electron chi connectivity index (χ1n) is 12.6. The first kappa shape index (κ1) is 26.0. The third-order valence-electron chi connectivity index (χ3n) is 6.31. The number of anilines is 1. The number of methoxy groups -OCH3 is 1. The number of aromatic amines is 1. The fourth-order valence-corrected chi connectivity index (χ4v) is 4.33. The van der Waals surface area contributed by atoms with Gasteiger partial charge in [0.2, 0.25) is 5.91 Å². The number of amides is 3. The summed E-state index contributed by atoms with van der Waals surface area (Å²) < 4.78 is 5.18. The van der Waals surface area contributed by atoms with E-state index in [1.54, 1.807) is 12.0 Å². The Morgan fingerprint density at radius 3 is 2.32 bits per heavy atom.